The van der Waals surface area contributed by atoms with Gasteiger partial charge in [-0.2, -0.15) is 10.4 Å². The molecular formula is C22H20N6O2. The number of hydrogen-bond acceptors (Lipinski definition) is 7. The highest BCUT2D eigenvalue weighted by molar-refractivity contribution is 6.45. The van der Waals surface area contributed by atoms with Crippen LogP contribution in [-0.2, 0) is 4.79 Å². The third kappa shape index (κ3) is 4.97. The van der Waals surface area contributed by atoms with Gasteiger partial charge in [0.1, 0.15) is 6.07 Å². The Kier molecular flexibility index (Phi) is 6.35. The first-order valence-electron chi connectivity index (χ1n) is 9.30. The zero-order chi connectivity index (χ0) is 21.5. The average Bonchev–Trinajstić information content (AvgIpc) is 2.75. The first kappa shape index (κ1) is 20.5. The molecule has 150 valence electrons. The zero-order valence-corrected chi connectivity index (χ0v) is 16.1. The van der Waals surface area contributed by atoms with E-state index in [1.807, 2.05) is 6.07 Å². The summed E-state index contributed by atoms with van der Waals surface area (Å²) >= 11 is 0. The Morgan fingerprint density at radius 2 is 1.87 bits per heavy atom. The van der Waals surface area contributed by atoms with Crippen molar-refractivity contribution in [1.82, 2.24) is 0 Å². The minimum atomic E-state index is -0.462. The number of rotatable bonds is 7. The number of benzene rings is 2. The molecule has 0 spiro atoms. The number of carbonyl (C=O) groups excluding carboxylic acids is 2. The Bertz CT molecular complexity index is 1100. The topological polar surface area (TPSA) is 144 Å². The van der Waals surface area contributed by atoms with Crippen LogP contribution in [0.2, 0.25) is 0 Å². The number of anilines is 2. The van der Waals surface area contributed by atoms with E-state index in [-0.39, 0.29) is 17.3 Å². The third-order valence-corrected chi connectivity index (χ3v) is 4.47. The van der Waals surface area contributed by atoms with E-state index in [9.17, 15) is 9.59 Å². The summed E-state index contributed by atoms with van der Waals surface area (Å²) in [5.74, 6) is -0.573. The van der Waals surface area contributed by atoms with Crippen LogP contribution in [0.3, 0.4) is 0 Å². The van der Waals surface area contributed by atoms with Crippen LogP contribution in [0.1, 0.15) is 35.2 Å². The number of nitrogens with zero attached hydrogens (tertiary/aromatic N) is 2. The molecular weight excluding hydrogens is 380 g/mol. The van der Waals surface area contributed by atoms with E-state index in [2.05, 4.69) is 15.8 Å². The van der Waals surface area contributed by atoms with Crippen molar-refractivity contribution in [2.45, 2.75) is 19.3 Å². The van der Waals surface area contributed by atoms with E-state index in [1.54, 1.807) is 54.6 Å². The summed E-state index contributed by atoms with van der Waals surface area (Å²) < 4.78 is 0. The van der Waals surface area contributed by atoms with E-state index >= 15 is 0 Å². The molecule has 8 nitrogen and oxygen atoms in total. The van der Waals surface area contributed by atoms with Crippen molar-refractivity contribution in [3.05, 3.63) is 71.4 Å². The Morgan fingerprint density at radius 1 is 1.10 bits per heavy atom. The smallest absolute Gasteiger partial charge is 0.201 e. The van der Waals surface area contributed by atoms with E-state index in [0.717, 1.165) is 12.1 Å². The number of nitrogens with one attached hydrogen (secondary N) is 3. The monoisotopic (exact) mass is 400 g/mol. The van der Waals surface area contributed by atoms with Crippen LogP contribution < -0.4 is 16.5 Å². The second kappa shape index (κ2) is 9.30. The normalized spacial score (nSPS) is 13.8. The number of allylic oxidation sites excluding steroid dienone is 2. The van der Waals surface area contributed by atoms with Crippen molar-refractivity contribution < 1.29 is 9.59 Å². The Balaban J connectivity index is 1.97. The van der Waals surface area contributed by atoms with E-state index in [4.69, 9.17) is 16.4 Å². The van der Waals surface area contributed by atoms with Crippen molar-refractivity contribution in [3.8, 4) is 6.07 Å². The fourth-order valence-corrected chi connectivity index (χ4v) is 2.97. The van der Waals surface area contributed by atoms with Crippen LogP contribution in [0.5, 0.6) is 0 Å². The van der Waals surface area contributed by atoms with Crippen molar-refractivity contribution in [3.63, 3.8) is 0 Å². The summed E-state index contributed by atoms with van der Waals surface area (Å²) in [6, 6.07) is 15.6. The van der Waals surface area contributed by atoms with E-state index in [1.165, 1.54) is 0 Å². The standard InChI is InChI=1S/C22H20N6O2/c23-13-20(22(24)25)28-27-18-10-9-15(21(30)14-5-2-1-3-6-14)11-19(18)26-16-7-4-8-17(29)12-16/h1-3,5-6,9-12,26-27H,4,7-8H2,(H3,24,25)/b28-20+. The van der Waals surface area contributed by atoms with Crippen LogP contribution in [-0.4, -0.2) is 23.1 Å². The molecule has 0 aromatic heterocycles. The van der Waals surface area contributed by atoms with E-state index in [0.29, 0.717) is 35.3 Å². The second-order valence-electron chi connectivity index (χ2n) is 6.67. The van der Waals surface area contributed by atoms with Crippen LogP contribution in [0.25, 0.3) is 0 Å². The lowest BCUT2D eigenvalue weighted by atomic mass is 10.0. The van der Waals surface area contributed by atoms with Gasteiger partial charge in [0.15, 0.2) is 17.4 Å². The molecule has 0 saturated carbocycles. The molecule has 0 unspecified atom stereocenters. The number of hydrogen-bond donors (Lipinski definition) is 4. The zero-order valence-electron chi connectivity index (χ0n) is 16.1. The van der Waals surface area contributed by atoms with Crippen molar-refractivity contribution >= 4 is 34.5 Å². The fraction of sp³-hybridized carbons (Fsp3) is 0.136. The van der Waals surface area contributed by atoms with Gasteiger partial charge in [0.25, 0.3) is 0 Å². The summed E-state index contributed by atoms with van der Waals surface area (Å²) in [6.07, 6.45) is 3.50. The Hall–Kier alpha value is -4.25. The highest BCUT2D eigenvalue weighted by Crippen LogP contribution is 2.28. The van der Waals surface area contributed by atoms with Gasteiger partial charge in [0, 0.05) is 29.3 Å². The van der Waals surface area contributed by atoms with Crippen molar-refractivity contribution in [2.75, 3.05) is 10.7 Å². The number of carbonyl (C=O) groups is 2. The number of hydrazone groups is 1. The van der Waals surface area contributed by atoms with Crippen molar-refractivity contribution in [1.29, 1.82) is 10.7 Å². The number of amidine groups is 1. The maximum Gasteiger partial charge on any atom is 0.201 e. The highest BCUT2D eigenvalue weighted by Gasteiger charge is 2.15. The lowest BCUT2D eigenvalue weighted by molar-refractivity contribution is -0.115. The molecule has 3 rings (SSSR count). The van der Waals surface area contributed by atoms with Crippen LogP contribution >= 0.6 is 0 Å². The van der Waals surface area contributed by atoms with Crippen LogP contribution in [0.4, 0.5) is 11.4 Å². The predicted octanol–water partition coefficient (Wildman–Crippen LogP) is 3.19. The molecule has 2 aromatic rings. The largest absolute Gasteiger partial charge is 0.382 e. The summed E-state index contributed by atoms with van der Waals surface area (Å²) in [5.41, 5.74) is 10.5. The molecule has 1 aliphatic rings. The maximum absolute atomic E-state index is 12.8. The molecule has 0 bridgehead atoms. The maximum atomic E-state index is 12.8. The molecule has 0 fully saturated rings. The number of ketones is 2. The number of nitrogens with two attached hydrogens (primary N) is 1. The first-order valence-corrected chi connectivity index (χ1v) is 9.30. The predicted molar refractivity (Wildman–Crippen MR) is 115 cm³/mol. The van der Waals surface area contributed by atoms with Gasteiger partial charge in [-0.25, -0.2) is 0 Å². The summed E-state index contributed by atoms with van der Waals surface area (Å²) in [7, 11) is 0. The minimum Gasteiger partial charge on any atom is -0.382 e. The second-order valence-corrected chi connectivity index (χ2v) is 6.67. The molecule has 0 radical (unpaired) electrons. The summed E-state index contributed by atoms with van der Waals surface area (Å²) in [4.78, 5) is 24.6. The summed E-state index contributed by atoms with van der Waals surface area (Å²) in [5, 5.41) is 23.4. The lowest BCUT2D eigenvalue weighted by Gasteiger charge is -2.18. The van der Waals surface area contributed by atoms with E-state index < -0.39 is 5.84 Å². The number of nitriles is 1. The van der Waals surface area contributed by atoms with Gasteiger partial charge in [-0.05, 0) is 31.0 Å². The third-order valence-electron chi connectivity index (χ3n) is 4.47. The van der Waals surface area contributed by atoms with Gasteiger partial charge in [-0.3, -0.25) is 20.4 Å². The van der Waals surface area contributed by atoms with Gasteiger partial charge in [0.05, 0.1) is 11.4 Å². The fourth-order valence-electron chi connectivity index (χ4n) is 2.97. The molecule has 0 amide bonds. The molecule has 2 aromatic carbocycles. The SMILES string of the molecule is N#C/C(=N\Nc1ccc(C(=O)c2ccccc2)cc1NC1=CC(=O)CCC1)C(=N)N. The Labute approximate surface area is 173 Å². The lowest BCUT2D eigenvalue weighted by Crippen LogP contribution is -2.22. The van der Waals surface area contributed by atoms with Crippen LogP contribution in [0.15, 0.2) is 65.4 Å². The van der Waals surface area contributed by atoms with Crippen LogP contribution in [0, 0.1) is 16.7 Å². The molecule has 0 aliphatic heterocycles. The quantitative estimate of drug-likeness (QED) is 0.243. The molecule has 30 heavy (non-hydrogen) atoms. The molecule has 0 saturated heterocycles. The highest BCUT2D eigenvalue weighted by atomic mass is 16.1. The molecule has 0 atom stereocenters. The van der Waals surface area contributed by atoms with Gasteiger partial charge < -0.3 is 11.1 Å². The minimum absolute atomic E-state index is 0.0381. The van der Waals surface area contributed by atoms with Gasteiger partial charge >= 0.3 is 0 Å². The first-order chi connectivity index (χ1) is 14.5. The van der Waals surface area contributed by atoms with Crippen molar-refractivity contribution in [2.24, 2.45) is 10.8 Å². The molecule has 0 heterocycles. The average molecular weight is 400 g/mol. The van der Waals surface area contributed by atoms with Gasteiger partial charge in [-0.1, -0.05) is 30.3 Å². The Morgan fingerprint density at radius 3 is 2.53 bits per heavy atom. The van der Waals surface area contributed by atoms with Gasteiger partial charge in [-0.15, -0.1) is 0 Å². The summed E-state index contributed by atoms with van der Waals surface area (Å²) in [6.45, 7) is 0. The molecule has 1 aliphatic carbocycles. The van der Waals surface area contributed by atoms with Gasteiger partial charge in [0.2, 0.25) is 5.71 Å². The molecule has 8 heteroatoms. The molecule has 5 N–H and O–H groups in total.